The maximum Gasteiger partial charge on any atom is 0.222 e. The minimum Gasteiger partial charge on any atom is -0.339 e. The lowest BCUT2D eigenvalue weighted by atomic mass is 9.97. The van der Waals surface area contributed by atoms with E-state index in [0.717, 1.165) is 38.4 Å². The van der Waals surface area contributed by atoms with Crippen LogP contribution in [-0.4, -0.2) is 36.5 Å². The molecular formula is C16H30N2O. The highest BCUT2D eigenvalue weighted by atomic mass is 16.2. The zero-order chi connectivity index (χ0) is 13.5. The van der Waals surface area contributed by atoms with Crippen LogP contribution in [-0.2, 0) is 4.79 Å². The molecule has 0 unspecified atom stereocenters. The first-order chi connectivity index (χ1) is 9.31. The number of unbranched alkanes of at least 4 members (excludes halogenated alkanes) is 3. The molecule has 1 heterocycles. The summed E-state index contributed by atoms with van der Waals surface area (Å²) in [6, 6.07) is 0.591. The van der Waals surface area contributed by atoms with Gasteiger partial charge in [0.25, 0.3) is 0 Å². The molecule has 0 aromatic heterocycles. The van der Waals surface area contributed by atoms with Gasteiger partial charge in [-0.1, -0.05) is 26.2 Å². The molecule has 2 fully saturated rings. The summed E-state index contributed by atoms with van der Waals surface area (Å²) in [5.74, 6) is 1.17. The van der Waals surface area contributed by atoms with E-state index in [2.05, 4.69) is 17.1 Å². The molecule has 0 atom stereocenters. The lowest BCUT2D eigenvalue weighted by Gasteiger charge is -2.30. The maximum absolute atomic E-state index is 12.4. The number of amides is 1. The van der Waals surface area contributed by atoms with Crippen LogP contribution < -0.4 is 5.32 Å². The highest BCUT2D eigenvalue weighted by Crippen LogP contribution is 2.29. The standard InChI is InChI=1S/C16H30N2O/c1-2-3-4-5-6-16(19)18(15-7-8-15)13-14-9-11-17-12-10-14/h14-15,17H,2-13H2,1H3. The van der Waals surface area contributed by atoms with E-state index in [1.807, 2.05) is 0 Å². The van der Waals surface area contributed by atoms with Crippen molar-refractivity contribution in [3.8, 4) is 0 Å². The van der Waals surface area contributed by atoms with E-state index in [4.69, 9.17) is 0 Å². The number of hydrogen-bond donors (Lipinski definition) is 1. The molecule has 19 heavy (non-hydrogen) atoms. The van der Waals surface area contributed by atoms with Crippen LogP contribution in [0, 0.1) is 5.92 Å². The summed E-state index contributed by atoms with van der Waals surface area (Å²) in [6.45, 7) is 5.51. The van der Waals surface area contributed by atoms with Crippen LogP contribution in [0.25, 0.3) is 0 Å². The molecule has 1 saturated carbocycles. The fourth-order valence-electron chi connectivity index (χ4n) is 3.03. The van der Waals surface area contributed by atoms with Crippen LogP contribution in [0.15, 0.2) is 0 Å². The van der Waals surface area contributed by atoms with Crippen molar-refractivity contribution in [2.75, 3.05) is 19.6 Å². The number of carbonyl (C=O) groups is 1. The smallest absolute Gasteiger partial charge is 0.222 e. The Morgan fingerprint density at radius 1 is 1.11 bits per heavy atom. The Bertz CT molecular complexity index is 270. The average Bonchev–Trinajstić information content (AvgIpc) is 3.26. The van der Waals surface area contributed by atoms with Crippen LogP contribution in [0.1, 0.15) is 64.7 Å². The Kier molecular flexibility index (Phi) is 6.15. The molecule has 0 radical (unpaired) electrons. The van der Waals surface area contributed by atoms with Crippen molar-refractivity contribution in [2.24, 2.45) is 5.92 Å². The largest absolute Gasteiger partial charge is 0.339 e. The van der Waals surface area contributed by atoms with Crippen molar-refractivity contribution in [1.29, 1.82) is 0 Å². The Labute approximate surface area is 118 Å². The summed E-state index contributed by atoms with van der Waals surface area (Å²) in [7, 11) is 0. The van der Waals surface area contributed by atoms with Gasteiger partial charge in [-0.15, -0.1) is 0 Å². The van der Waals surface area contributed by atoms with Gasteiger partial charge in [-0.25, -0.2) is 0 Å². The summed E-state index contributed by atoms with van der Waals surface area (Å²) >= 11 is 0. The van der Waals surface area contributed by atoms with Crippen molar-refractivity contribution in [2.45, 2.75) is 70.8 Å². The fraction of sp³-hybridized carbons (Fsp3) is 0.938. The van der Waals surface area contributed by atoms with Crippen LogP contribution >= 0.6 is 0 Å². The van der Waals surface area contributed by atoms with Crippen molar-refractivity contribution in [3.63, 3.8) is 0 Å². The predicted octanol–water partition coefficient (Wildman–Crippen LogP) is 2.95. The molecule has 0 bridgehead atoms. The molecule has 1 aliphatic carbocycles. The molecule has 1 N–H and O–H groups in total. The molecule has 3 heteroatoms. The molecule has 1 aliphatic heterocycles. The summed E-state index contributed by atoms with van der Waals surface area (Å²) in [6.07, 6.45) is 10.6. The molecular weight excluding hydrogens is 236 g/mol. The first-order valence-electron chi connectivity index (χ1n) is 8.31. The minimum atomic E-state index is 0.428. The Balaban J connectivity index is 1.73. The highest BCUT2D eigenvalue weighted by Gasteiger charge is 2.33. The third kappa shape index (κ3) is 5.13. The maximum atomic E-state index is 12.4. The van der Waals surface area contributed by atoms with Gasteiger partial charge in [0, 0.05) is 19.0 Å². The second-order valence-electron chi connectivity index (χ2n) is 6.28. The predicted molar refractivity (Wildman–Crippen MR) is 79.1 cm³/mol. The van der Waals surface area contributed by atoms with Gasteiger partial charge in [-0.2, -0.15) is 0 Å². The molecule has 2 rings (SSSR count). The van der Waals surface area contributed by atoms with Gasteiger partial charge in [0.1, 0.15) is 0 Å². The topological polar surface area (TPSA) is 32.3 Å². The van der Waals surface area contributed by atoms with Gasteiger partial charge in [0.15, 0.2) is 0 Å². The second-order valence-corrected chi connectivity index (χ2v) is 6.28. The van der Waals surface area contributed by atoms with Gasteiger partial charge in [-0.05, 0) is 51.1 Å². The van der Waals surface area contributed by atoms with Gasteiger partial charge >= 0.3 is 0 Å². The Morgan fingerprint density at radius 3 is 2.47 bits per heavy atom. The van der Waals surface area contributed by atoms with Crippen molar-refractivity contribution < 1.29 is 4.79 Å². The summed E-state index contributed by atoms with van der Waals surface area (Å²) in [5.41, 5.74) is 0. The van der Waals surface area contributed by atoms with E-state index in [9.17, 15) is 4.79 Å². The molecule has 3 nitrogen and oxygen atoms in total. The molecule has 1 amide bonds. The second kappa shape index (κ2) is 7.88. The number of nitrogens with zero attached hydrogens (tertiary/aromatic N) is 1. The molecule has 0 spiro atoms. The Morgan fingerprint density at radius 2 is 1.84 bits per heavy atom. The lowest BCUT2D eigenvalue weighted by molar-refractivity contribution is -0.132. The number of hydrogen-bond acceptors (Lipinski definition) is 2. The SMILES string of the molecule is CCCCCCC(=O)N(CC1CCNCC1)C1CC1. The van der Waals surface area contributed by atoms with E-state index in [-0.39, 0.29) is 0 Å². The summed E-state index contributed by atoms with van der Waals surface area (Å²) < 4.78 is 0. The summed E-state index contributed by atoms with van der Waals surface area (Å²) in [5, 5.41) is 3.41. The molecule has 110 valence electrons. The lowest BCUT2D eigenvalue weighted by Crippen LogP contribution is -2.40. The number of rotatable bonds is 8. The normalized spacial score (nSPS) is 20.5. The number of piperidine rings is 1. The van der Waals surface area contributed by atoms with E-state index < -0.39 is 0 Å². The van der Waals surface area contributed by atoms with E-state index in [1.165, 1.54) is 44.9 Å². The third-order valence-corrected chi connectivity index (χ3v) is 4.47. The van der Waals surface area contributed by atoms with E-state index >= 15 is 0 Å². The third-order valence-electron chi connectivity index (χ3n) is 4.47. The van der Waals surface area contributed by atoms with E-state index in [0.29, 0.717) is 11.9 Å². The van der Waals surface area contributed by atoms with E-state index in [1.54, 1.807) is 0 Å². The van der Waals surface area contributed by atoms with Gasteiger partial charge in [-0.3, -0.25) is 4.79 Å². The number of nitrogens with one attached hydrogen (secondary N) is 1. The van der Waals surface area contributed by atoms with Crippen LogP contribution in [0.3, 0.4) is 0 Å². The summed E-state index contributed by atoms with van der Waals surface area (Å²) in [4.78, 5) is 14.6. The van der Waals surface area contributed by atoms with Gasteiger partial charge in [0.2, 0.25) is 5.91 Å². The van der Waals surface area contributed by atoms with Gasteiger partial charge < -0.3 is 10.2 Å². The van der Waals surface area contributed by atoms with Crippen LogP contribution in [0.5, 0.6) is 0 Å². The van der Waals surface area contributed by atoms with Crippen LogP contribution in [0.2, 0.25) is 0 Å². The van der Waals surface area contributed by atoms with Gasteiger partial charge in [0.05, 0.1) is 0 Å². The van der Waals surface area contributed by atoms with Crippen molar-refractivity contribution in [3.05, 3.63) is 0 Å². The zero-order valence-electron chi connectivity index (χ0n) is 12.5. The average molecular weight is 266 g/mol. The minimum absolute atomic E-state index is 0.428. The van der Waals surface area contributed by atoms with Crippen molar-refractivity contribution in [1.82, 2.24) is 10.2 Å². The zero-order valence-corrected chi connectivity index (χ0v) is 12.5. The molecule has 0 aromatic carbocycles. The first-order valence-corrected chi connectivity index (χ1v) is 8.31. The van der Waals surface area contributed by atoms with Crippen LogP contribution in [0.4, 0.5) is 0 Å². The molecule has 1 saturated heterocycles. The molecule has 0 aromatic rings. The fourth-order valence-corrected chi connectivity index (χ4v) is 3.03. The monoisotopic (exact) mass is 266 g/mol. The van der Waals surface area contributed by atoms with Crippen molar-refractivity contribution >= 4 is 5.91 Å². The Hall–Kier alpha value is -0.570. The first kappa shape index (κ1) is 14.8. The highest BCUT2D eigenvalue weighted by molar-refractivity contribution is 5.76. The number of carbonyl (C=O) groups excluding carboxylic acids is 1. The quantitative estimate of drug-likeness (QED) is 0.685. The molecule has 2 aliphatic rings.